The van der Waals surface area contributed by atoms with E-state index in [-0.39, 0.29) is 11.8 Å². The molecule has 0 unspecified atom stereocenters. The molecule has 0 bridgehead atoms. The first-order valence-electron chi connectivity index (χ1n) is 5.12. The predicted octanol–water partition coefficient (Wildman–Crippen LogP) is 1.98. The Morgan fingerprint density at radius 2 is 1.57 bits per heavy atom. The van der Waals surface area contributed by atoms with Crippen molar-refractivity contribution in [2.75, 3.05) is 7.11 Å². The third-order valence-corrected chi connectivity index (χ3v) is 2.06. The minimum absolute atomic E-state index is 0.276. The summed E-state index contributed by atoms with van der Waals surface area (Å²) in [6.07, 6.45) is 0.912. The van der Waals surface area contributed by atoms with Gasteiger partial charge >= 0.3 is 5.97 Å². The van der Waals surface area contributed by atoms with Gasteiger partial charge in [-0.3, -0.25) is 0 Å². The molecule has 0 rings (SSSR count). The lowest BCUT2D eigenvalue weighted by Crippen LogP contribution is -2.42. The Hall–Kier alpha value is -0.570. The molecule has 0 saturated carbocycles. The molecule has 14 heavy (non-hydrogen) atoms. The standard InChI is InChI=1S/C11H22O3/c1-8(2)6-11(13,7-9(3)4)10(12)14-5/h8-9,13H,6-7H2,1-5H3. The number of carbonyl (C=O) groups excluding carboxylic acids is 1. The summed E-state index contributed by atoms with van der Waals surface area (Å²) in [5, 5.41) is 10.1. The van der Waals surface area contributed by atoms with Gasteiger partial charge in [0, 0.05) is 0 Å². The van der Waals surface area contributed by atoms with Crippen LogP contribution in [0, 0.1) is 11.8 Å². The third-order valence-electron chi connectivity index (χ3n) is 2.06. The van der Waals surface area contributed by atoms with Gasteiger partial charge in [0.2, 0.25) is 0 Å². The predicted molar refractivity (Wildman–Crippen MR) is 55.9 cm³/mol. The fraction of sp³-hybridized carbons (Fsp3) is 0.909. The zero-order valence-electron chi connectivity index (χ0n) is 9.83. The van der Waals surface area contributed by atoms with Crippen molar-refractivity contribution >= 4 is 5.97 Å². The van der Waals surface area contributed by atoms with E-state index in [1.807, 2.05) is 27.7 Å². The fourth-order valence-electron chi connectivity index (χ4n) is 1.79. The lowest BCUT2D eigenvalue weighted by atomic mass is 9.85. The van der Waals surface area contributed by atoms with E-state index in [4.69, 9.17) is 0 Å². The summed E-state index contributed by atoms with van der Waals surface area (Å²) in [5.41, 5.74) is -1.31. The quantitative estimate of drug-likeness (QED) is 0.693. The summed E-state index contributed by atoms with van der Waals surface area (Å²) in [6.45, 7) is 7.92. The second-order valence-electron chi connectivity index (χ2n) is 4.72. The molecule has 0 heterocycles. The number of ether oxygens (including phenoxy) is 1. The monoisotopic (exact) mass is 202 g/mol. The average Bonchev–Trinajstić information content (AvgIpc) is 1.99. The molecule has 0 aliphatic heterocycles. The maximum atomic E-state index is 11.4. The van der Waals surface area contributed by atoms with Crippen LogP contribution in [0.3, 0.4) is 0 Å². The molecule has 0 fully saturated rings. The highest BCUT2D eigenvalue weighted by Crippen LogP contribution is 2.26. The van der Waals surface area contributed by atoms with Crippen molar-refractivity contribution in [2.45, 2.75) is 46.1 Å². The van der Waals surface area contributed by atoms with Crippen LogP contribution in [0.5, 0.6) is 0 Å². The lowest BCUT2D eigenvalue weighted by molar-refractivity contribution is -0.166. The van der Waals surface area contributed by atoms with Gasteiger partial charge < -0.3 is 9.84 Å². The molecule has 0 aliphatic rings. The molecular formula is C11H22O3. The molecule has 3 heteroatoms. The molecule has 0 atom stereocenters. The molecule has 0 aromatic heterocycles. The zero-order valence-corrected chi connectivity index (χ0v) is 9.83. The van der Waals surface area contributed by atoms with E-state index >= 15 is 0 Å². The van der Waals surface area contributed by atoms with Crippen molar-refractivity contribution in [3.8, 4) is 0 Å². The van der Waals surface area contributed by atoms with Gasteiger partial charge in [0.1, 0.15) is 0 Å². The van der Waals surface area contributed by atoms with Gasteiger partial charge in [0.15, 0.2) is 5.60 Å². The van der Waals surface area contributed by atoms with Crippen molar-refractivity contribution in [1.29, 1.82) is 0 Å². The molecule has 0 aromatic rings. The van der Waals surface area contributed by atoms with Gasteiger partial charge in [0.25, 0.3) is 0 Å². The number of rotatable bonds is 5. The maximum Gasteiger partial charge on any atom is 0.337 e. The minimum atomic E-state index is -1.31. The van der Waals surface area contributed by atoms with Crippen LogP contribution < -0.4 is 0 Å². The fourth-order valence-corrected chi connectivity index (χ4v) is 1.79. The van der Waals surface area contributed by atoms with E-state index in [0.717, 1.165) is 0 Å². The van der Waals surface area contributed by atoms with Crippen LogP contribution >= 0.6 is 0 Å². The summed E-state index contributed by atoms with van der Waals surface area (Å²) in [6, 6.07) is 0. The molecule has 84 valence electrons. The van der Waals surface area contributed by atoms with E-state index in [9.17, 15) is 9.90 Å². The van der Waals surface area contributed by atoms with Crippen LogP contribution in [0.25, 0.3) is 0 Å². The van der Waals surface area contributed by atoms with Gasteiger partial charge in [-0.2, -0.15) is 0 Å². The zero-order chi connectivity index (χ0) is 11.4. The van der Waals surface area contributed by atoms with Crippen LogP contribution in [0.2, 0.25) is 0 Å². The van der Waals surface area contributed by atoms with Crippen molar-refractivity contribution < 1.29 is 14.6 Å². The van der Waals surface area contributed by atoms with E-state index in [0.29, 0.717) is 12.8 Å². The van der Waals surface area contributed by atoms with Crippen LogP contribution in [0.4, 0.5) is 0 Å². The third kappa shape index (κ3) is 4.09. The summed E-state index contributed by atoms with van der Waals surface area (Å²) >= 11 is 0. The highest BCUT2D eigenvalue weighted by atomic mass is 16.5. The van der Waals surface area contributed by atoms with Crippen molar-refractivity contribution in [1.82, 2.24) is 0 Å². The molecular weight excluding hydrogens is 180 g/mol. The molecule has 0 saturated heterocycles. The SMILES string of the molecule is COC(=O)C(O)(CC(C)C)CC(C)C. The first kappa shape index (κ1) is 13.4. The summed E-state index contributed by atoms with van der Waals surface area (Å²) in [4.78, 5) is 11.4. The largest absolute Gasteiger partial charge is 0.467 e. The normalized spacial score (nSPS) is 12.3. The first-order chi connectivity index (χ1) is 6.31. The topological polar surface area (TPSA) is 46.5 Å². The Labute approximate surface area is 86.5 Å². The second-order valence-corrected chi connectivity index (χ2v) is 4.72. The summed E-state index contributed by atoms with van der Waals surface area (Å²) in [5.74, 6) is 0.0376. The minimum Gasteiger partial charge on any atom is -0.467 e. The van der Waals surface area contributed by atoms with Crippen molar-refractivity contribution in [3.63, 3.8) is 0 Å². The van der Waals surface area contributed by atoms with Crippen LogP contribution in [0.1, 0.15) is 40.5 Å². The highest BCUT2D eigenvalue weighted by Gasteiger charge is 2.38. The Bertz CT molecular complexity index is 175. The van der Waals surface area contributed by atoms with Gasteiger partial charge in [-0.25, -0.2) is 4.79 Å². The van der Waals surface area contributed by atoms with E-state index in [1.165, 1.54) is 7.11 Å². The molecule has 0 spiro atoms. The van der Waals surface area contributed by atoms with Gasteiger partial charge in [-0.1, -0.05) is 27.7 Å². The van der Waals surface area contributed by atoms with E-state index in [2.05, 4.69) is 4.74 Å². The van der Waals surface area contributed by atoms with E-state index in [1.54, 1.807) is 0 Å². The van der Waals surface area contributed by atoms with Crippen LogP contribution in [-0.2, 0) is 9.53 Å². The Morgan fingerprint density at radius 3 is 1.79 bits per heavy atom. The van der Waals surface area contributed by atoms with Crippen LogP contribution in [-0.4, -0.2) is 23.8 Å². The second kappa shape index (κ2) is 5.35. The Kier molecular flexibility index (Phi) is 5.13. The first-order valence-corrected chi connectivity index (χ1v) is 5.12. The summed E-state index contributed by atoms with van der Waals surface area (Å²) in [7, 11) is 1.31. The molecule has 0 aliphatic carbocycles. The highest BCUT2D eigenvalue weighted by molar-refractivity contribution is 5.79. The van der Waals surface area contributed by atoms with Gasteiger partial charge in [-0.15, -0.1) is 0 Å². The van der Waals surface area contributed by atoms with Crippen LogP contribution in [0.15, 0.2) is 0 Å². The maximum absolute atomic E-state index is 11.4. The number of hydrogen-bond donors (Lipinski definition) is 1. The van der Waals surface area contributed by atoms with Crippen molar-refractivity contribution in [2.24, 2.45) is 11.8 Å². The number of esters is 1. The van der Waals surface area contributed by atoms with E-state index < -0.39 is 11.6 Å². The molecule has 0 amide bonds. The molecule has 1 N–H and O–H groups in total. The van der Waals surface area contributed by atoms with Crippen molar-refractivity contribution in [3.05, 3.63) is 0 Å². The van der Waals surface area contributed by atoms with Gasteiger partial charge in [0.05, 0.1) is 7.11 Å². The number of methoxy groups -OCH3 is 1. The number of hydrogen-bond acceptors (Lipinski definition) is 3. The smallest absolute Gasteiger partial charge is 0.337 e. The molecule has 3 nitrogen and oxygen atoms in total. The number of aliphatic hydroxyl groups is 1. The number of carbonyl (C=O) groups is 1. The van der Waals surface area contributed by atoms with Gasteiger partial charge in [-0.05, 0) is 24.7 Å². The Morgan fingerprint density at radius 1 is 1.21 bits per heavy atom. The summed E-state index contributed by atoms with van der Waals surface area (Å²) < 4.78 is 4.63. The Balaban J connectivity index is 4.57. The average molecular weight is 202 g/mol. The molecule has 0 radical (unpaired) electrons. The molecule has 0 aromatic carbocycles. The lowest BCUT2D eigenvalue weighted by Gasteiger charge is -2.28.